The molecule has 0 heterocycles. The van der Waals surface area contributed by atoms with E-state index in [9.17, 15) is 9.59 Å². The second-order valence-corrected chi connectivity index (χ2v) is 5.97. The van der Waals surface area contributed by atoms with Gasteiger partial charge in [0.2, 0.25) is 5.91 Å². The molecule has 5 heteroatoms. The Morgan fingerprint density at radius 1 is 1.35 bits per heavy atom. The van der Waals surface area contributed by atoms with E-state index in [1.54, 1.807) is 18.2 Å². The Balaban J connectivity index is 2.06. The van der Waals surface area contributed by atoms with Crippen molar-refractivity contribution in [3.8, 4) is 0 Å². The van der Waals surface area contributed by atoms with Crippen LogP contribution in [0.2, 0.25) is 5.02 Å². The molecular weight excluding hydrogens is 276 g/mol. The zero-order valence-corrected chi connectivity index (χ0v) is 12.5. The summed E-state index contributed by atoms with van der Waals surface area (Å²) in [6.07, 6.45) is 1.86. The fraction of sp³-hybridized carbons (Fsp3) is 0.467. The third-order valence-electron chi connectivity index (χ3n) is 3.11. The average molecular weight is 295 g/mol. The molecule has 2 rings (SSSR count). The van der Waals surface area contributed by atoms with Crippen molar-refractivity contribution in [1.82, 2.24) is 5.32 Å². The number of carbonyl (C=O) groups excluding carboxylic acids is 2. The number of hydrogen-bond donors (Lipinski definition) is 2. The number of amides is 2. The maximum atomic E-state index is 12.0. The van der Waals surface area contributed by atoms with Crippen LogP contribution in [0.1, 0.15) is 37.0 Å². The first-order valence-corrected chi connectivity index (χ1v) is 7.23. The summed E-state index contributed by atoms with van der Waals surface area (Å²) in [6, 6.07) is 4.91. The van der Waals surface area contributed by atoms with Crippen molar-refractivity contribution in [2.24, 2.45) is 11.8 Å². The predicted molar refractivity (Wildman–Crippen MR) is 80.0 cm³/mol. The SMILES string of the molecule is CC(C)CNC(=O)c1ccc(Cl)c(NC(=O)C2CC2)c1. The minimum atomic E-state index is -0.155. The molecule has 108 valence electrons. The fourth-order valence-electron chi connectivity index (χ4n) is 1.74. The van der Waals surface area contributed by atoms with E-state index in [0.29, 0.717) is 28.7 Å². The molecule has 0 radical (unpaired) electrons. The smallest absolute Gasteiger partial charge is 0.251 e. The van der Waals surface area contributed by atoms with E-state index in [1.807, 2.05) is 13.8 Å². The molecule has 2 amide bonds. The first-order valence-electron chi connectivity index (χ1n) is 6.86. The summed E-state index contributed by atoms with van der Waals surface area (Å²) in [6.45, 7) is 4.68. The van der Waals surface area contributed by atoms with Gasteiger partial charge in [0.25, 0.3) is 5.91 Å². The molecule has 0 aromatic heterocycles. The summed E-state index contributed by atoms with van der Waals surface area (Å²) in [5.41, 5.74) is 1.00. The quantitative estimate of drug-likeness (QED) is 0.877. The van der Waals surface area contributed by atoms with E-state index < -0.39 is 0 Å². The second-order valence-electron chi connectivity index (χ2n) is 5.56. The number of carbonyl (C=O) groups is 2. The van der Waals surface area contributed by atoms with Crippen LogP contribution < -0.4 is 10.6 Å². The third kappa shape index (κ3) is 3.97. The monoisotopic (exact) mass is 294 g/mol. The predicted octanol–water partition coefficient (Wildman–Crippen LogP) is 3.07. The Kier molecular flexibility index (Phi) is 4.65. The zero-order chi connectivity index (χ0) is 14.7. The van der Waals surface area contributed by atoms with Crippen LogP contribution in [0.15, 0.2) is 18.2 Å². The topological polar surface area (TPSA) is 58.2 Å². The van der Waals surface area contributed by atoms with Gasteiger partial charge in [-0.25, -0.2) is 0 Å². The largest absolute Gasteiger partial charge is 0.352 e. The van der Waals surface area contributed by atoms with Gasteiger partial charge < -0.3 is 10.6 Å². The van der Waals surface area contributed by atoms with E-state index in [1.165, 1.54) is 0 Å². The molecule has 1 fully saturated rings. The zero-order valence-electron chi connectivity index (χ0n) is 11.7. The highest BCUT2D eigenvalue weighted by atomic mass is 35.5. The Bertz CT molecular complexity index is 525. The number of nitrogens with one attached hydrogen (secondary N) is 2. The van der Waals surface area contributed by atoms with Crippen molar-refractivity contribution >= 4 is 29.1 Å². The van der Waals surface area contributed by atoms with Crippen LogP contribution in [0.3, 0.4) is 0 Å². The third-order valence-corrected chi connectivity index (χ3v) is 3.44. The van der Waals surface area contributed by atoms with E-state index in [-0.39, 0.29) is 17.7 Å². The molecular formula is C15H19ClN2O2. The summed E-state index contributed by atoms with van der Waals surface area (Å²) in [5, 5.41) is 6.06. The number of hydrogen-bond acceptors (Lipinski definition) is 2. The van der Waals surface area contributed by atoms with Gasteiger partial charge in [0, 0.05) is 18.0 Å². The van der Waals surface area contributed by atoms with Gasteiger partial charge in [0.15, 0.2) is 0 Å². The van der Waals surface area contributed by atoms with Crippen LogP contribution in [0.4, 0.5) is 5.69 Å². The maximum absolute atomic E-state index is 12.0. The van der Waals surface area contributed by atoms with Crippen LogP contribution in [0, 0.1) is 11.8 Å². The van der Waals surface area contributed by atoms with Crippen molar-refractivity contribution < 1.29 is 9.59 Å². The van der Waals surface area contributed by atoms with Crippen LogP contribution in [-0.2, 0) is 4.79 Å². The van der Waals surface area contributed by atoms with Crippen LogP contribution in [0.5, 0.6) is 0 Å². The van der Waals surface area contributed by atoms with E-state index >= 15 is 0 Å². The number of rotatable bonds is 5. The lowest BCUT2D eigenvalue weighted by Gasteiger charge is -2.11. The molecule has 1 aromatic carbocycles. The lowest BCUT2D eigenvalue weighted by molar-refractivity contribution is -0.117. The molecule has 1 aliphatic carbocycles. The molecule has 2 N–H and O–H groups in total. The minimum Gasteiger partial charge on any atom is -0.352 e. The van der Waals surface area contributed by atoms with Gasteiger partial charge in [0.1, 0.15) is 0 Å². The molecule has 4 nitrogen and oxygen atoms in total. The van der Waals surface area contributed by atoms with Crippen molar-refractivity contribution in [2.75, 3.05) is 11.9 Å². The molecule has 0 atom stereocenters. The Labute approximate surface area is 123 Å². The molecule has 20 heavy (non-hydrogen) atoms. The molecule has 0 spiro atoms. The number of benzene rings is 1. The Morgan fingerprint density at radius 3 is 2.65 bits per heavy atom. The van der Waals surface area contributed by atoms with Gasteiger partial charge in [-0.05, 0) is 37.0 Å². The lowest BCUT2D eigenvalue weighted by atomic mass is 10.1. The number of anilines is 1. The lowest BCUT2D eigenvalue weighted by Crippen LogP contribution is -2.27. The fourth-order valence-corrected chi connectivity index (χ4v) is 1.91. The molecule has 0 aliphatic heterocycles. The molecule has 1 saturated carbocycles. The van der Waals surface area contributed by atoms with Crippen molar-refractivity contribution in [1.29, 1.82) is 0 Å². The molecule has 0 saturated heterocycles. The van der Waals surface area contributed by atoms with Gasteiger partial charge >= 0.3 is 0 Å². The summed E-state index contributed by atoms with van der Waals surface area (Å²) >= 11 is 6.05. The molecule has 0 unspecified atom stereocenters. The standard InChI is InChI=1S/C15H19ClN2O2/c1-9(2)8-17-14(19)11-5-6-12(16)13(7-11)18-15(20)10-3-4-10/h5-7,9-10H,3-4,8H2,1-2H3,(H,17,19)(H,18,20). The van der Waals surface area contributed by atoms with Gasteiger partial charge in [-0.15, -0.1) is 0 Å². The Morgan fingerprint density at radius 2 is 2.05 bits per heavy atom. The van der Waals surface area contributed by atoms with Crippen LogP contribution >= 0.6 is 11.6 Å². The molecule has 1 aromatic rings. The minimum absolute atomic E-state index is 0.0216. The Hall–Kier alpha value is -1.55. The summed E-state index contributed by atoms with van der Waals surface area (Å²) in [5.74, 6) is 0.314. The van der Waals surface area contributed by atoms with Crippen molar-refractivity contribution in [2.45, 2.75) is 26.7 Å². The molecule has 0 bridgehead atoms. The van der Waals surface area contributed by atoms with Crippen molar-refractivity contribution in [3.05, 3.63) is 28.8 Å². The molecule has 1 aliphatic rings. The summed E-state index contributed by atoms with van der Waals surface area (Å²) in [4.78, 5) is 23.7. The van der Waals surface area contributed by atoms with Gasteiger partial charge in [-0.2, -0.15) is 0 Å². The van der Waals surface area contributed by atoms with Crippen LogP contribution in [0.25, 0.3) is 0 Å². The van der Waals surface area contributed by atoms with Gasteiger partial charge in [-0.3, -0.25) is 9.59 Å². The van der Waals surface area contributed by atoms with E-state index in [0.717, 1.165) is 12.8 Å². The maximum Gasteiger partial charge on any atom is 0.251 e. The number of halogens is 1. The van der Waals surface area contributed by atoms with Gasteiger partial charge in [-0.1, -0.05) is 25.4 Å². The normalized spacial score (nSPS) is 14.2. The van der Waals surface area contributed by atoms with Gasteiger partial charge in [0.05, 0.1) is 10.7 Å². The first kappa shape index (κ1) is 14.9. The summed E-state index contributed by atoms with van der Waals surface area (Å²) in [7, 11) is 0. The van der Waals surface area contributed by atoms with E-state index in [2.05, 4.69) is 10.6 Å². The average Bonchev–Trinajstić information content (AvgIpc) is 3.22. The highest BCUT2D eigenvalue weighted by Gasteiger charge is 2.30. The first-order chi connectivity index (χ1) is 9.47. The summed E-state index contributed by atoms with van der Waals surface area (Å²) < 4.78 is 0. The highest BCUT2D eigenvalue weighted by molar-refractivity contribution is 6.34. The highest BCUT2D eigenvalue weighted by Crippen LogP contribution is 2.31. The van der Waals surface area contributed by atoms with Crippen molar-refractivity contribution in [3.63, 3.8) is 0 Å². The van der Waals surface area contributed by atoms with Crippen LogP contribution in [-0.4, -0.2) is 18.4 Å². The second kappa shape index (κ2) is 6.27. The van der Waals surface area contributed by atoms with E-state index in [4.69, 9.17) is 11.6 Å².